The largest absolute Gasteiger partial charge is 0.438 e. The van der Waals surface area contributed by atoms with E-state index in [9.17, 15) is 9.59 Å². The first-order chi connectivity index (χ1) is 7.69. The highest BCUT2D eigenvalue weighted by molar-refractivity contribution is 5.75. The molecule has 0 aromatic rings. The van der Waals surface area contributed by atoms with E-state index in [0.717, 1.165) is 0 Å². The second kappa shape index (κ2) is 6.44. The lowest BCUT2D eigenvalue weighted by atomic mass is 9.82. The fourth-order valence-corrected chi connectivity index (χ4v) is 1.93. The predicted molar refractivity (Wildman–Crippen MR) is 51.8 cm³/mol. The van der Waals surface area contributed by atoms with Crippen LogP contribution in [0, 0.1) is 11.8 Å². The lowest BCUT2D eigenvalue weighted by Gasteiger charge is -2.25. The zero-order chi connectivity index (χ0) is 12.0. The van der Waals surface area contributed by atoms with Crippen molar-refractivity contribution >= 4 is 11.9 Å². The number of hydrogen-bond acceptors (Lipinski definition) is 6. The summed E-state index contributed by atoms with van der Waals surface area (Å²) < 4.78 is 8.97. The molecule has 0 aromatic carbocycles. The Morgan fingerprint density at radius 2 is 1.19 bits per heavy atom. The number of ether oxygens (including phenoxy) is 2. The molecule has 0 aromatic heterocycles. The maximum atomic E-state index is 11.3. The maximum absolute atomic E-state index is 11.3. The van der Waals surface area contributed by atoms with Crippen LogP contribution in [0.15, 0.2) is 0 Å². The minimum atomic E-state index is -0.606. The third-order valence-corrected chi connectivity index (χ3v) is 2.81. The van der Waals surface area contributed by atoms with Gasteiger partial charge in [-0.3, -0.25) is 9.59 Å². The predicted octanol–water partition coefficient (Wildman–Crippen LogP) is -0.221. The van der Waals surface area contributed by atoms with Crippen LogP contribution < -0.4 is 0 Å². The molecule has 0 radical (unpaired) electrons. The summed E-state index contributed by atoms with van der Waals surface area (Å²) in [5.41, 5.74) is 0. The smallest absolute Gasteiger partial charge is 0.311 e. The van der Waals surface area contributed by atoms with E-state index in [4.69, 9.17) is 10.2 Å². The zero-order valence-corrected chi connectivity index (χ0v) is 8.92. The summed E-state index contributed by atoms with van der Waals surface area (Å²) in [6.45, 7) is -1.21. The van der Waals surface area contributed by atoms with Gasteiger partial charge in [-0.1, -0.05) is 0 Å². The van der Waals surface area contributed by atoms with Crippen LogP contribution in [0.2, 0.25) is 0 Å². The molecule has 1 aliphatic rings. The first kappa shape index (κ1) is 12.9. The van der Waals surface area contributed by atoms with Crippen molar-refractivity contribution in [3.05, 3.63) is 0 Å². The Bertz CT molecular complexity index is 218. The molecule has 92 valence electrons. The Hall–Kier alpha value is -1.14. The second-order valence-corrected chi connectivity index (χ2v) is 3.73. The van der Waals surface area contributed by atoms with Gasteiger partial charge in [0.15, 0.2) is 13.6 Å². The molecule has 6 nitrogen and oxygen atoms in total. The summed E-state index contributed by atoms with van der Waals surface area (Å²) in [5, 5.41) is 16.9. The molecule has 1 rings (SSSR count). The molecule has 1 saturated carbocycles. The van der Waals surface area contributed by atoms with Crippen LogP contribution in [-0.4, -0.2) is 35.7 Å². The van der Waals surface area contributed by atoms with Gasteiger partial charge in [-0.15, -0.1) is 0 Å². The van der Waals surface area contributed by atoms with Crippen molar-refractivity contribution in [2.75, 3.05) is 13.6 Å². The van der Waals surface area contributed by atoms with Crippen LogP contribution in [-0.2, 0) is 19.1 Å². The number of aliphatic hydroxyl groups excluding tert-OH is 2. The van der Waals surface area contributed by atoms with Crippen molar-refractivity contribution in [3.63, 3.8) is 0 Å². The van der Waals surface area contributed by atoms with E-state index in [-0.39, 0.29) is 11.8 Å². The van der Waals surface area contributed by atoms with Crippen LogP contribution in [0.25, 0.3) is 0 Å². The molecule has 2 N–H and O–H groups in total. The molecular weight excluding hydrogens is 216 g/mol. The summed E-state index contributed by atoms with van der Waals surface area (Å²) in [6, 6.07) is 0. The molecule has 0 bridgehead atoms. The molecule has 0 unspecified atom stereocenters. The number of esters is 2. The van der Waals surface area contributed by atoms with E-state index >= 15 is 0 Å². The molecule has 0 amide bonds. The highest BCUT2D eigenvalue weighted by Crippen LogP contribution is 2.30. The quantitative estimate of drug-likeness (QED) is 0.514. The lowest BCUT2D eigenvalue weighted by molar-refractivity contribution is -0.163. The number of hydrogen-bond donors (Lipinski definition) is 2. The van der Waals surface area contributed by atoms with E-state index in [1.54, 1.807) is 0 Å². The Morgan fingerprint density at radius 3 is 1.44 bits per heavy atom. The van der Waals surface area contributed by atoms with Crippen molar-refractivity contribution < 1.29 is 29.3 Å². The summed E-state index contributed by atoms with van der Waals surface area (Å²) in [6.07, 6.45) is 2.18. The van der Waals surface area contributed by atoms with Gasteiger partial charge in [0, 0.05) is 0 Å². The Kier molecular flexibility index (Phi) is 5.21. The van der Waals surface area contributed by atoms with Gasteiger partial charge in [-0.2, -0.15) is 0 Å². The Morgan fingerprint density at radius 1 is 0.875 bits per heavy atom. The minimum absolute atomic E-state index is 0.245. The standard InChI is InChI=1S/C10H16O6/c11-5-15-9(13)7-1-2-8(4-3-7)10(14)16-6-12/h7-8,11-12H,1-6H2. The van der Waals surface area contributed by atoms with Crippen LogP contribution in [0.3, 0.4) is 0 Å². The molecule has 0 saturated heterocycles. The van der Waals surface area contributed by atoms with Gasteiger partial charge >= 0.3 is 11.9 Å². The van der Waals surface area contributed by atoms with Crippen molar-refractivity contribution in [1.82, 2.24) is 0 Å². The maximum Gasteiger partial charge on any atom is 0.311 e. The monoisotopic (exact) mass is 232 g/mol. The molecule has 0 atom stereocenters. The fourth-order valence-electron chi connectivity index (χ4n) is 1.93. The zero-order valence-electron chi connectivity index (χ0n) is 8.92. The van der Waals surface area contributed by atoms with Gasteiger partial charge in [-0.05, 0) is 25.7 Å². The highest BCUT2D eigenvalue weighted by atomic mass is 16.6. The Balaban J connectivity index is 2.33. The minimum Gasteiger partial charge on any atom is -0.438 e. The highest BCUT2D eigenvalue weighted by Gasteiger charge is 2.31. The number of carbonyl (C=O) groups excluding carboxylic acids is 2. The van der Waals surface area contributed by atoms with E-state index in [1.807, 2.05) is 0 Å². The molecule has 6 heteroatoms. The van der Waals surface area contributed by atoms with Gasteiger partial charge in [-0.25, -0.2) is 0 Å². The third kappa shape index (κ3) is 3.46. The molecule has 0 spiro atoms. The molecule has 0 heterocycles. The number of carbonyl (C=O) groups is 2. The van der Waals surface area contributed by atoms with E-state index in [0.29, 0.717) is 25.7 Å². The first-order valence-corrected chi connectivity index (χ1v) is 5.24. The van der Waals surface area contributed by atoms with Gasteiger partial charge in [0.05, 0.1) is 11.8 Å². The topological polar surface area (TPSA) is 93.1 Å². The van der Waals surface area contributed by atoms with Gasteiger partial charge in [0.25, 0.3) is 0 Å². The number of rotatable bonds is 4. The SMILES string of the molecule is O=C(OCO)C1CCC(C(=O)OCO)CC1. The first-order valence-electron chi connectivity index (χ1n) is 5.24. The van der Waals surface area contributed by atoms with Gasteiger partial charge < -0.3 is 19.7 Å². The molecule has 1 aliphatic carbocycles. The van der Waals surface area contributed by atoms with Crippen LogP contribution in [0.5, 0.6) is 0 Å². The Labute approximate surface area is 93.2 Å². The van der Waals surface area contributed by atoms with Crippen molar-refractivity contribution in [3.8, 4) is 0 Å². The summed E-state index contributed by atoms with van der Waals surface area (Å²) in [4.78, 5) is 22.5. The van der Waals surface area contributed by atoms with Crippen LogP contribution in [0.4, 0.5) is 0 Å². The van der Waals surface area contributed by atoms with E-state index in [1.165, 1.54) is 0 Å². The summed E-state index contributed by atoms with van der Waals surface area (Å²) in [5.74, 6) is -1.33. The average Bonchev–Trinajstić information content (AvgIpc) is 2.30. The van der Waals surface area contributed by atoms with Crippen molar-refractivity contribution in [2.24, 2.45) is 11.8 Å². The summed E-state index contributed by atoms with van der Waals surface area (Å²) >= 11 is 0. The average molecular weight is 232 g/mol. The molecule has 16 heavy (non-hydrogen) atoms. The number of aliphatic hydroxyl groups is 2. The van der Waals surface area contributed by atoms with E-state index < -0.39 is 25.5 Å². The van der Waals surface area contributed by atoms with Crippen molar-refractivity contribution in [2.45, 2.75) is 25.7 Å². The van der Waals surface area contributed by atoms with Crippen LogP contribution in [0.1, 0.15) is 25.7 Å². The van der Waals surface area contributed by atoms with E-state index in [2.05, 4.69) is 9.47 Å². The van der Waals surface area contributed by atoms with Gasteiger partial charge in [0.2, 0.25) is 0 Å². The fraction of sp³-hybridized carbons (Fsp3) is 0.800. The molecular formula is C10H16O6. The second-order valence-electron chi connectivity index (χ2n) is 3.73. The summed E-state index contributed by atoms with van der Waals surface area (Å²) in [7, 11) is 0. The molecule has 0 aliphatic heterocycles. The van der Waals surface area contributed by atoms with Gasteiger partial charge in [0.1, 0.15) is 0 Å². The third-order valence-electron chi connectivity index (χ3n) is 2.81. The normalized spacial score (nSPS) is 24.9. The van der Waals surface area contributed by atoms with Crippen molar-refractivity contribution in [1.29, 1.82) is 0 Å². The lowest BCUT2D eigenvalue weighted by Crippen LogP contribution is -2.28. The van der Waals surface area contributed by atoms with Crippen LogP contribution >= 0.6 is 0 Å². The molecule has 1 fully saturated rings.